The number of hydrogen-bond acceptors (Lipinski definition) is 4. The Kier molecular flexibility index (Phi) is 6.36. The van der Waals surface area contributed by atoms with Gasteiger partial charge in [0.05, 0.1) is 11.4 Å². The molecule has 148 valence electrons. The summed E-state index contributed by atoms with van der Waals surface area (Å²) < 4.78 is 28.4. The molecule has 3 rings (SSSR count). The third kappa shape index (κ3) is 4.36. The summed E-state index contributed by atoms with van der Waals surface area (Å²) in [5.74, 6) is -2.06. The molecule has 0 aromatic heterocycles. The van der Waals surface area contributed by atoms with Crippen molar-refractivity contribution in [2.45, 2.75) is 19.8 Å². The number of aliphatic imine (C=N–C) groups is 1. The molecule has 1 heterocycles. The lowest BCUT2D eigenvalue weighted by molar-refractivity contribution is -0.115. The van der Waals surface area contributed by atoms with Gasteiger partial charge >= 0.3 is 0 Å². The van der Waals surface area contributed by atoms with Crippen LogP contribution in [-0.4, -0.2) is 43.2 Å². The van der Waals surface area contributed by atoms with Crippen LogP contribution in [0.4, 0.5) is 25.8 Å². The molecule has 0 aliphatic carbocycles. The Balaban J connectivity index is 1.67. The summed E-state index contributed by atoms with van der Waals surface area (Å²) in [5.41, 5.74) is 1.48. The molecule has 0 saturated carbocycles. The van der Waals surface area contributed by atoms with Crippen LogP contribution in [0.3, 0.4) is 0 Å². The maximum Gasteiger partial charge on any atom is 0.237 e. The van der Waals surface area contributed by atoms with Crippen molar-refractivity contribution in [2.24, 2.45) is 4.99 Å². The van der Waals surface area contributed by atoms with Crippen LogP contribution < -0.4 is 10.6 Å². The Labute approximate surface area is 163 Å². The zero-order valence-electron chi connectivity index (χ0n) is 16.0. The minimum atomic E-state index is -0.828. The summed E-state index contributed by atoms with van der Waals surface area (Å²) in [6.45, 7) is 7.55. The molecule has 1 unspecified atom stereocenters. The Morgan fingerprint density at radius 1 is 1.18 bits per heavy atom. The van der Waals surface area contributed by atoms with Gasteiger partial charge in [-0.1, -0.05) is 19.9 Å². The number of likely N-dealkylation sites (N-methyl/N-ethyl adjacent to an activating group) is 1. The first-order chi connectivity index (χ1) is 13.5. The van der Waals surface area contributed by atoms with Crippen molar-refractivity contribution in [2.75, 3.05) is 36.8 Å². The van der Waals surface area contributed by atoms with Gasteiger partial charge in [-0.3, -0.25) is 9.79 Å². The largest absolute Gasteiger partial charge is 0.381 e. The molecule has 0 radical (unpaired) electrons. The molecule has 1 aliphatic heterocycles. The SMILES string of the molecule is CCN(CC)CCNc1ccc(N=CC2C(=O)Nc3cccc(F)c32)cc1F. The van der Waals surface area contributed by atoms with Crippen molar-refractivity contribution >= 4 is 29.2 Å². The van der Waals surface area contributed by atoms with Gasteiger partial charge in [-0.15, -0.1) is 0 Å². The number of nitrogens with one attached hydrogen (secondary N) is 2. The molecule has 0 spiro atoms. The minimum absolute atomic E-state index is 0.270. The average molecular weight is 386 g/mol. The molecule has 2 aromatic carbocycles. The number of amides is 1. The van der Waals surface area contributed by atoms with E-state index in [0.29, 0.717) is 23.6 Å². The van der Waals surface area contributed by atoms with Gasteiger partial charge in [-0.2, -0.15) is 0 Å². The summed E-state index contributed by atoms with van der Waals surface area (Å²) in [6, 6.07) is 9.06. The molecule has 2 aromatic rings. The molecule has 1 atom stereocenters. The van der Waals surface area contributed by atoms with Crippen LogP contribution in [0.2, 0.25) is 0 Å². The van der Waals surface area contributed by atoms with Gasteiger partial charge in [0, 0.05) is 36.6 Å². The Hall–Kier alpha value is -2.80. The normalized spacial score (nSPS) is 15.9. The standard InChI is InChI=1S/C21H24F2N4O/c1-3-27(4-2)11-10-24-18-9-8-14(12-17(18)23)25-13-15-20-16(22)6-5-7-19(20)26-21(15)28/h5-9,12-13,15,24H,3-4,10-11H2,1-2H3,(H,26,28). The third-order valence-corrected chi connectivity index (χ3v) is 4.87. The first kappa shape index (κ1) is 19.9. The second-order valence-corrected chi connectivity index (χ2v) is 6.56. The number of nitrogens with zero attached hydrogens (tertiary/aromatic N) is 2. The van der Waals surface area contributed by atoms with E-state index >= 15 is 0 Å². The van der Waals surface area contributed by atoms with Crippen molar-refractivity contribution in [3.63, 3.8) is 0 Å². The van der Waals surface area contributed by atoms with Crippen LogP contribution in [0.25, 0.3) is 0 Å². The highest BCUT2D eigenvalue weighted by Crippen LogP contribution is 2.34. The summed E-state index contributed by atoms with van der Waals surface area (Å²) in [7, 11) is 0. The molecule has 28 heavy (non-hydrogen) atoms. The number of carbonyl (C=O) groups is 1. The first-order valence-corrected chi connectivity index (χ1v) is 9.42. The minimum Gasteiger partial charge on any atom is -0.381 e. The number of carbonyl (C=O) groups excluding carboxylic acids is 1. The van der Waals surface area contributed by atoms with Crippen molar-refractivity contribution < 1.29 is 13.6 Å². The Morgan fingerprint density at radius 2 is 1.96 bits per heavy atom. The van der Waals surface area contributed by atoms with Crippen LogP contribution in [-0.2, 0) is 4.79 Å². The topological polar surface area (TPSA) is 56.7 Å². The third-order valence-electron chi connectivity index (χ3n) is 4.87. The van der Waals surface area contributed by atoms with Gasteiger partial charge in [-0.25, -0.2) is 8.78 Å². The van der Waals surface area contributed by atoms with Crippen molar-refractivity contribution in [1.29, 1.82) is 0 Å². The second-order valence-electron chi connectivity index (χ2n) is 6.56. The Morgan fingerprint density at radius 3 is 2.68 bits per heavy atom. The van der Waals surface area contributed by atoms with Crippen molar-refractivity contribution in [1.82, 2.24) is 4.90 Å². The van der Waals surface area contributed by atoms with Crippen LogP contribution in [0.1, 0.15) is 25.3 Å². The van der Waals surface area contributed by atoms with Crippen LogP contribution in [0.15, 0.2) is 41.4 Å². The van der Waals surface area contributed by atoms with E-state index < -0.39 is 17.6 Å². The number of fused-ring (bicyclic) bond motifs is 1. The summed E-state index contributed by atoms with van der Waals surface area (Å²) in [4.78, 5) is 18.5. The second kappa shape index (κ2) is 8.93. The van der Waals surface area contributed by atoms with E-state index in [4.69, 9.17) is 0 Å². The maximum absolute atomic E-state index is 14.3. The molecule has 0 fully saturated rings. The van der Waals surface area contributed by atoms with E-state index in [1.165, 1.54) is 24.4 Å². The molecule has 1 amide bonds. The molecule has 0 saturated heterocycles. The smallest absolute Gasteiger partial charge is 0.237 e. The molecular formula is C21H24F2N4O. The van der Waals surface area contributed by atoms with Crippen LogP contribution in [0, 0.1) is 11.6 Å². The molecule has 5 nitrogen and oxygen atoms in total. The number of hydrogen-bond donors (Lipinski definition) is 2. The van der Waals surface area contributed by atoms with Crippen LogP contribution >= 0.6 is 0 Å². The predicted octanol–water partition coefficient (Wildman–Crippen LogP) is 4.16. The van der Waals surface area contributed by atoms with E-state index in [-0.39, 0.29) is 11.5 Å². The number of rotatable bonds is 8. The van der Waals surface area contributed by atoms with E-state index in [0.717, 1.165) is 19.6 Å². The lowest BCUT2D eigenvalue weighted by Crippen LogP contribution is -2.28. The number of benzene rings is 2. The number of halogens is 2. The highest BCUT2D eigenvalue weighted by molar-refractivity contribution is 6.12. The van der Waals surface area contributed by atoms with Gasteiger partial charge < -0.3 is 15.5 Å². The molecule has 2 N–H and O–H groups in total. The maximum atomic E-state index is 14.3. The van der Waals surface area contributed by atoms with Crippen molar-refractivity contribution in [3.05, 3.63) is 53.6 Å². The fourth-order valence-corrected chi connectivity index (χ4v) is 3.22. The summed E-state index contributed by atoms with van der Waals surface area (Å²) in [6.07, 6.45) is 1.35. The molecular weight excluding hydrogens is 362 g/mol. The zero-order valence-corrected chi connectivity index (χ0v) is 16.0. The molecule has 0 bridgehead atoms. The van der Waals surface area contributed by atoms with Gasteiger partial charge in [0.1, 0.15) is 17.6 Å². The Bertz CT molecular complexity index is 881. The summed E-state index contributed by atoms with van der Waals surface area (Å²) >= 11 is 0. The average Bonchev–Trinajstić information content (AvgIpc) is 3.01. The monoisotopic (exact) mass is 386 g/mol. The molecule has 7 heteroatoms. The lowest BCUT2D eigenvalue weighted by Gasteiger charge is -2.18. The van der Waals surface area contributed by atoms with Crippen molar-refractivity contribution in [3.8, 4) is 0 Å². The van der Waals surface area contributed by atoms with E-state index in [2.05, 4.69) is 34.4 Å². The van der Waals surface area contributed by atoms with E-state index in [9.17, 15) is 13.6 Å². The summed E-state index contributed by atoms with van der Waals surface area (Å²) in [5, 5.41) is 5.71. The quantitative estimate of drug-likeness (QED) is 0.670. The zero-order chi connectivity index (χ0) is 20.1. The lowest BCUT2D eigenvalue weighted by atomic mass is 10.0. The van der Waals surface area contributed by atoms with Crippen LogP contribution in [0.5, 0.6) is 0 Å². The molecule has 1 aliphatic rings. The van der Waals surface area contributed by atoms with Gasteiger partial charge in [0.2, 0.25) is 5.91 Å². The number of anilines is 2. The van der Waals surface area contributed by atoms with Gasteiger partial charge in [0.25, 0.3) is 0 Å². The van der Waals surface area contributed by atoms with Gasteiger partial charge in [0.15, 0.2) is 0 Å². The van der Waals surface area contributed by atoms with E-state index in [1.54, 1.807) is 18.2 Å². The highest BCUT2D eigenvalue weighted by atomic mass is 19.1. The fraction of sp³-hybridized carbons (Fsp3) is 0.333. The fourth-order valence-electron chi connectivity index (χ4n) is 3.22. The van der Waals surface area contributed by atoms with Gasteiger partial charge in [-0.05, 0) is 37.4 Å². The van der Waals surface area contributed by atoms with E-state index in [1.807, 2.05) is 0 Å². The predicted molar refractivity (Wildman–Crippen MR) is 109 cm³/mol. The first-order valence-electron chi connectivity index (χ1n) is 9.42. The highest BCUT2D eigenvalue weighted by Gasteiger charge is 2.31.